The molecule has 0 fully saturated rings. The van der Waals surface area contributed by atoms with E-state index in [1.54, 1.807) is 0 Å². The molecule has 0 atom stereocenters. The van der Waals surface area contributed by atoms with Gasteiger partial charge in [-0.1, -0.05) is 71.8 Å². The van der Waals surface area contributed by atoms with Gasteiger partial charge in [-0.15, -0.1) is 0 Å². The van der Waals surface area contributed by atoms with Crippen molar-refractivity contribution in [3.8, 4) is 34.2 Å². The van der Waals surface area contributed by atoms with E-state index in [9.17, 15) is 0 Å². The normalized spacial score (nSPS) is 11.5. The molecule has 0 saturated carbocycles. The van der Waals surface area contributed by atoms with E-state index in [4.69, 9.17) is 4.74 Å². The predicted octanol–water partition coefficient (Wildman–Crippen LogP) is 9.77. The summed E-state index contributed by atoms with van der Waals surface area (Å²) in [7, 11) is 0. The van der Waals surface area contributed by atoms with Gasteiger partial charge < -0.3 is 4.74 Å². The van der Waals surface area contributed by atoms with E-state index in [1.165, 1.54) is 44.8 Å². The average Bonchev–Trinajstić information content (AvgIpc) is 3.64. The van der Waals surface area contributed by atoms with Gasteiger partial charge in [-0.25, -0.2) is 0 Å². The maximum atomic E-state index is 6.57. The van der Waals surface area contributed by atoms with Gasteiger partial charge in [0.1, 0.15) is 34.2 Å². The average molecular weight is 641 g/mol. The van der Waals surface area contributed by atoms with Crippen molar-refractivity contribution in [3.05, 3.63) is 167 Å². The molecule has 0 bridgehead atoms. The molecule has 0 aliphatic heterocycles. The van der Waals surface area contributed by atoms with Crippen LogP contribution in [0.15, 0.2) is 134 Å². The summed E-state index contributed by atoms with van der Waals surface area (Å²) >= 11 is 0. The topological polar surface area (TPSA) is 26.8 Å². The van der Waals surface area contributed by atoms with Crippen LogP contribution in [0.4, 0.5) is 0 Å². The van der Waals surface area contributed by atoms with Crippen LogP contribution in [0.1, 0.15) is 33.4 Å². The lowest BCUT2D eigenvalue weighted by molar-refractivity contribution is -0.569. The molecule has 0 amide bonds. The van der Waals surface area contributed by atoms with Crippen LogP contribution >= 0.6 is 0 Å². The number of aryl methyl sites for hydroxylation is 6. The Morgan fingerprint density at radius 3 is 1.22 bits per heavy atom. The SMILES string of the molecule is Cc1cc(C)c(-[n+]2cn(-c3cccc(Oc4cccc(-n5c[n+](-c6c(C)cc(C)cc6C)c6ccccc65)c4)c3)c3ccccc32)c(C)c1. The summed E-state index contributed by atoms with van der Waals surface area (Å²) in [5.41, 5.74) is 16.7. The number of para-hydroxylation sites is 4. The summed E-state index contributed by atoms with van der Waals surface area (Å²) in [6, 6.07) is 42.8. The summed E-state index contributed by atoms with van der Waals surface area (Å²) in [6.07, 6.45) is 4.39. The van der Waals surface area contributed by atoms with Gasteiger partial charge in [-0.05, 0) is 112 Å². The first kappa shape index (κ1) is 30.4. The third kappa shape index (κ3) is 5.38. The van der Waals surface area contributed by atoms with E-state index in [2.05, 4.69) is 182 Å². The summed E-state index contributed by atoms with van der Waals surface area (Å²) < 4.78 is 15.7. The Morgan fingerprint density at radius 1 is 0.429 bits per heavy atom. The minimum Gasteiger partial charge on any atom is -0.457 e. The zero-order valence-electron chi connectivity index (χ0n) is 28.9. The smallest absolute Gasteiger partial charge is 0.255 e. The summed E-state index contributed by atoms with van der Waals surface area (Å²) in [5, 5.41) is 0. The van der Waals surface area contributed by atoms with Gasteiger partial charge in [0.15, 0.2) is 22.1 Å². The van der Waals surface area contributed by atoms with Gasteiger partial charge >= 0.3 is 0 Å². The second-order valence-electron chi connectivity index (χ2n) is 13.3. The van der Waals surface area contributed by atoms with Crippen LogP contribution in [-0.4, -0.2) is 9.13 Å². The number of benzene rings is 6. The highest BCUT2D eigenvalue weighted by molar-refractivity contribution is 5.76. The van der Waals surface area contributed by atoms with Crippen molar-refractivity contribution in [2.45, 2.75) is 41.5 Å². The molecule has 0 N–H and O–H groups in total. The summed E-state index contributed by atoms with van der Waals surface area (Å²) in [4.78, 5) is 0. The van der Waals surface area contributed by atoms with E-state index >= 15 is 0 Å². The zero-order valence-corrected chi connectivity index (χ0v) is 28.9. The lowest BCUT2D eigenvalue weighted by Gasteiger charge is -2.08. The first-order valence-electron chi connectivity index (χ1n) is 16.8. The van der Waals surface area contributed by atoms with Crippen LogP contribution < -0.4 is 13.9 Å². The number of rotatable bonds is 6. The third-order valence-corrected chi connectivity index (χ3v) is 9.44. The number of imidazole rings is 2. The Morgan fingerprint density at radius 2 is 0.816 bits per heavy atom. The Bertz CT molecular complexity index is 2330. The quantitative estimate of drug-likeness (QED) is 0.166. The third-order valence-electron chi connectivity index (χ3n) is 9.44. The lowest BCUT2D eigenvalue weighted by Crippen LogP contribution is -2.31. The van der Waals surface area contributed by atoms with Crippen molar-refractivity contribution in [1.29, 1.82) is 0 Å². The Labute approximate surface area is 287 Å². The highest BCUT2D eigenvalue weighted by atomic mass is 16.5. The molecule has 0 unspecified atom stereocenters. The van der Waals surface area contributed by atoms with Gasteiger partial charge in [0.2, 0.25) is 0 Å². The largest absolute Gasteiger partial charge is 0.457 e. The molecule has 2 heterocycles. The maximum absolute atomic E-state index is 6.57. The van der Waals surface area contributed by atoms with Crippen molar-refractivity contribution in [1.82, 2.24) is 9.13 Å². The molecule has 49 heavy (non-hydrogen) atoms. The number of fused-ring (bicyclic) bond motifs is 2. The number of ether oxygens (including phenoxy) is 1. The number of aromatic nitrogens is 4. The van der Waals surface area contributed by atoms with Crippen molar-refractivity contribution >= 4 is 22.1 Å². The van der Waals surface area contributed by atoms with Gasteiger partial charge in [0.25, 0.3) is 12.7 Å². The van der Waals surface area contributed by atoms with Crippen LogP contribution in [-0.2, 0) is 0 Å². The van der Waals surface area contributed by atoms with E-state index in [-0.39, 0.29) is 0 Å². The number of hydrogen-bond donors (Lipinski definition) is 0. The van der Waals surface area contributed by atoms with E-state index in [0.717, 1.165) is 44.9 Å². The fourth-order valence-electron chi connectivity index (χ4n) is 7.63. The number of nitrogens with zero attached hydrogens (tertiary/aromatic N) is 4. The molecule has 0 aliphatic rings. The van der Waals surface area contributed by atoms with Crippen molar-refractivity contribution in [2.24, 2.45) is 0 Å². The van der Waals surface area contributed by atoms with Crippen LogP contribution in [0.5, 0.6) is 11.5 Å². The summed E-state index contributed by atoms with van der Waals surface area (Å²) in [6.45, 7) is 13.1. The van der Waals surface area contributed by atoms with Crippen LogP contribution in [0.3, 0.4) is 0 Å². The molecule has 5 nitrogen and oxygen atoms in total. The molecule has 8 aromatic rings. The van der Waals surface area contributed by atoms with Gasteiger partial charge in [-0.2, -0.15) is 18.3 Å². The molecular formula is C44H40N4O+2. The lowest BCUT2D eigenvalue weighted by atomic mass is 10.0. The van der Waals surface area contributed by atoms with Gasteiger partial charge in [0, 0.05) is 12.1 Å². The molecule has 0 saturated heterocycles. The summed E-state index contributed by atoms with van der Waals surface area (Å²) in [5.74, 6) is 1.56. The monoisotopic (exact) mass is 640 g/mol. The van der Waals surface area contributed by atoms with Crippen molar-refractivity contribution in [2.75, 3.05) is 0 Å². The minimum absolute atomic E-state index is 0.778. The highest BCUT2D eigenvalue weighted by Crippen LogP contribution is 2.29. The molecule has 5 heteroatoms. The van der Waals surface area contributed by atoms with Crippen LogP contribution in [0.25, 0.3) is 44.8 Å². The first-order valence-corrected chi connectivity index (χ1v) is 16.8. The molecule has 0 spiro atoms. The van der Waals surface area contributed by atoms with Crippen molar-refractivity contribution < 1.29 is 13.9 Å². The van der Waals surface area contributed by atoms with Crippen LogP contribution in [0, 0.1) is 41.5 Å². The second kappa shape index (κ2) is 11.9. The highest BCUT2D eigenvalue weighted by Gasteiger charge is 2.23. The fraction of sp³-hybridized carbons (Fsp3) is 0.136. The molecule has 0 aliphatic carbocycles. The maximum Gasteiger partial charge on any atom is 0.255 e. The molecule has 8 rings (SSSR count). The van der Waals surface area contributed by atoms with Crippen molar-refractivity contribution in [3.63, 3.8) is 0 Å². The molecule has 2 aromatic heterocycles. The fourth-order valence-corrected chi connectivity index (χ4v) is 7.63. The van der Waals surface area contributed by atoms with E-state index in [1.807, 2.05) is 12.1 Å². The van der Waals surface area contributed by atoms with Gasteiger partial charge in [-0.3, -0.25) is 0 Å². The standard InChI is InChI=1S/C44H40N4O/c1-29-21-31(3)43(32(4)22-29)47-27-45(39-17-7-9-19-41(39)47)35-13-11-15-37(25-35)49-38-16-12-14-36(26-38)46-28-48(42-20-10-8-18-40(42)46)44-33(5)23-30(2)24-34(44)6/h7-28H,1-6H3/q+2. The predicted molar refractivity (Wildman–Crippen MR) is 198 cm³/mol. The Balaban J connectivity index is 1.17. The van der Waals surface area contributed by atoms with E-state index < -0.39 is 0 Å². The minimum atomic E-state index is 0.778. The number of hydrogen-bond acceptors (Lipinski definition) is 1. The molecule has 6 aromatic carbocycles. The first-order chi connectivity index (χ1) is 23.7. The molecule has 240 valence electrons. The van der Waals surface area contributed by atoms with Gasteiger partial charge in [0.05, 0.1) is 0 Å². The zero-order chi connectivity index (χ0) is 33.8. The molecular weight excluding hydrogens is 601 g/mol. The van der Waals surface area contributed by atoms with Crippen LogP contribution in [0.2, 0.25) is 0 Å². The second-order valence-corrected chi connectivity index (χ2v) is 13.3. The Kier molecular flexibility index (Phi) is 7.41. The van der Waals surface area contributed by atoms with E-state index in [0.29, 0.717) is 0 Å². The molecule has 0 radical (unpaired) electrons. The Hall–Kier alpha value is -5.94.